The molecule has 1 fully saturated rings. The number of hydrogen-bond acceptors (Lipinski definition) is 2. The van der Waals surface area contributed by atoms with Crippen LogP contribution in [-0.4, -0.2) is 37.1 Å². The lowest BCUT2D eigenvalue weighted by atomic mass is 10.1. The molecule has 3 nitrogen and oxygen atoms in total. The molecule has 0 aliphatic carbocycles. The topological polar surface area (TPSA) is 29.5 Å². The molecule has 1 amide bonds. The van der Waals surface area contributed by atoms with Gasteiger partial charge in [0.2, 0.25) is 0 Å². The minimum absolute atomic E-state index is 0.146. The Balaban J connectivity index is 2.18. The van der Waals surface area contributed by atoms with Crippen molar-refractivity contribution in [1.29, 1.82) is 0 Å². The van der Waals surface area contributed by atoms with Gasteiger partial charge in [-0.3, -0.25) is 4.79 Å². The van der Waals surface area contributed by atoms with Crippen LogP contribution >= 0.6 is 0 Å². The quantitative estimate of drug-likeness (QED) is 0.803. The summed E-state index contributed by atoms with van der Waals surface area (Å²) in [6.07, 6.45) is -3.31. The molecule has 0 bridgehead atoms. The van der Waals surface area contributed by atoms with E-state index in [9.17, 15) is 22.4 Å². The van der Waals surface area contributed by atoms with Gasteiger partial charge in [-0.1, -0.05) is 6.07 Å². The Kier molecular flexibility index (Phi) is 4.51. The van der Waals surface area contributed by atoms with Crippen LogP contribution in [0.4, 0.5) is 17.6 Å². The molecule has 1 aliphatic rings. The second kappa shape index (κ2) is 6.01. The van der Waals surface area contributed by atoms with E-state index in [1.165, 1.54) is 11.9 Å². The van der Waals surface area contributed by atoms with E-state index in [-0.39, 0.29) is 12.6 Å². The highest BCUT2D eigenvalue weighted by atomic mass is 19.4. The number of likely N-dealkylation sites (N-methyl/N-ethyl adjacent to an activating group) is 1. The highest BCUT2D eigenvalue weighted by Gasteiger charge is 2.36. The summed E-state index contributed by atoms with van der Waals surface area (Å²) in [7, 11) is 1.42. The monoisotopic (exact) mass is 305 g/mol. The molecule has 21 heavy (non-hydrogen) atoms. The SMILES string of the molecule is CN(CC1CCCO1)C(=O)c1cccc(C(F)(F)F)c1F. The third-order valence-electron chi connectivity index (χ3n) is 3.38. The van der Waals surface area contributed by atoms with Gasteiger partial charge in [-0.2, -0.15) is 13.2 Å². The number of halogens is 4. The maximum atomic E-state index is 13.9. The Morgan fingerprint density at radius 1 is 1.43 bits per heavy atom. The van der Waals surface area contributed by atoms with Crippen LogP contribution in [0, 0.1) is 5.82 Å². The third-order valence-corrected chi connectivity index (χ3v) is 3.38. The van der Waals surface area contributed by atoms with E-state index in [0.717, 1.165) is 25.0 Å². The van der Waals surface area contributed by atoms with Gasteiger partial charge in [0.15, 0.2) is 0 Å². The second-order valence-corrected chi connectivity index (χ2v) is 4.99. The predicted octanol–water partition coefficient (Wildman–Crippen LogP) is 3.10. The average Bonchev–Trinajstić information content (AvgIpc) is 2.89. The number of carbonyl (C=O) groups excluding carboxylic acids is 1. The lowest BCUT2D eigenvalue weighted by molar-refractivity contribution is -0.140. The first kappa shape index (κ1) is 15.8. The van der Waals surface area contributed by atoms with Crippen LogP contribution in [0.2, 0.25) is 0 Å². The van der Waals surface area contributed by atoms with Gasteiger partial charge in [0.05, 0.1) is 17.2 Å². The van der Waals surface area contributed by atoms with Crippen LogP contribution in [0.5, 0.6) is 0 Å². The van der Waals surface area contributed by atoms with E-state index < -0.39 is 29.0 Å². The summed E-state index contributed by atoms with van der Waals surface area (Å²) in [6, 6.07) is 2.70. The summed E-state index contributed by atoms with van der Waals surface area (Å²) < 4.78 is 57.2. The minimum atomic E-state index is -4.83. The molecular formula is C14H15F4NO2. The molecule has 1 heterocycles. The molecule has 1 aromatic rings. The van der Waals surface area contributed by atoms with E-state index in [4.69, 9.17) is 4.74 Å². The van der Waals surface area contributed by atoms with Gasteiger partial charge in [-0.05, 0) is 25.0 Å². The normalized spacial score (nSPS) is 18.8. The molecule has 0 saturated carbocycles. The van der Waals surface area contributed by atoms with Gasteiger partial charge in [-0.25, -0.2) is 4.39 Å². The Bertz CT molecular complexity index is 524. The van der Waals surface area contributed by atoms with E-state index in [1.54, 1.807) is 0 Å². The second-order valence-electron chi connectivity index (χ2n) is 4.99. The number of amides is 1. The lowest BCUT2D eigenvalue weighted by Gasteiger charge is -2.21. The van der Waals surface area contributed by atoms with Crippen molar-refractivity contribution in [3.05, 3.63) is 35.1 Å². The van der Waals surface area contributed by atoms with Crippen LogP contribution in [0.15, 0.2) is 18.2 Å². The molecule has 1 saturated heterocycles. The molecule has 116 valence electrons. The number of alkyl halides is 3. The summed E-state index contributed by atoms with van der Waals surface area (Å²) in [4.78, 5) is 13.3. The fourth-order valence-electron chi connectivity index (χ4n) is 2.30. The van der Waals surface area contributed by atoms with E-state index in [0.29, 0.717) is 12.7 Å². The Morgan fingerprint density at radius 3 is 2.71 bits per heavy atom. The zero-order valence-electron chi connectivity index (χ0n) is 11.4. The largest absolute Gasteiger partial charge is 0.419 e. The Labute approximate surface area is 119 Å². The first-order valence-corrected chi connectivity index (χ1v) is 6.53. The molecule has 0 radical (unpaired) electrons. The first-order chi connectivity index (χ1) is 9.80. The number of hydrogen-bond donors (Lipinski definition) is 0. The fraction of sp³-hybridized carbons (Fsp3) is 0.500. The summed E-state index contributed by atoms with van der Waals surface area (Å²) in [5.41, 5.74) is -2.01. The van der Waals surface area contributed by atoms with Crippen LogP contribution in [0.25, 0.3) is 0 Å². The average molecular weight is 305 g/mol. The van der Waals surface area contributed by atoms with Crippen molar-refractivity contribution in [3.8, 4) is 0 Å². The zero-order chi connectivity index (χ0) is 15.6. The number of ether oxygens (including phenoxy) is 1. The van der Waals surface area contributed by atoms with Crippen LogP contribution in [0.1, 0.15) is 28.8 Å². The van der Waals surface area contributed by atoms with Crippen molar-refractivity contribution in [2.75, 3.05) is 20.2 Å². The molecular weight excluding hydrogens is 290 g/mol. The van der Waals surface area contributed by atoms with Crippen molar-refractivity contribution in [3.63, 3.8) is 0 Å². The smallest absolute Gasteiger partial charge is 0.376 e. The molecule has 1 aliphatic heterocycles. The fourth-order valence-corrected chi connectivity index (χ4v) is 2.30. The van der Waals surface area contributed by atoms with Gasteiger partial charge < -0.3 is 9.64 Å². The molecule has 1 unspecified atom stereocenters. The minimum Gasteiger partial charge on any atom is -0.376 e. The van der Waals surface area contributed by atoms with Gasteiger partial charge in [0.25, 0.3) is 5.91 Å². The maximum absolute atomic E-state index is 13.9. The van der Waals surface area contributed by atoms with E-state index in [2.05, 4.69) is 0 Å². The highest BCUT2D eigenvalue weighted by molar-refractivity contribution is 5.94. The van der Waals surface area contributed by atoms with Crippen LogP contribution in [-0.2, 0) is 10.9 Å². The standard InChI is InChI=1S/C14H15F4NO2/c1-19(8-9-4-3-7-21-9)13(20)10-5-2-6-11(12(10)15)14(16,17)18/h2,5-6,9H,3-4,7-8H2,1H3. The van der Waals surface area contributed by atoms with E-state index >= 15 is 0 Å². The number of carbonyl (C=O) groups is 1. The van der Waals surface area contributed by atoms with Crippen molar-refractivity contribution in [2.45, 2.75) is 25.1 Å². The number of nitrogens with zero attached hydrogens (tertiary/aromatic N) is 1. The van der Waals surface area contributed by atoms with Gasteiger partial charge in [0, 0.05) is 20.2 Å². The van der Waals surface area contributed by atoms with Crippen LogP contribution in [0.3, 0.4) is 0 Å². The summed E-state index contributed by atoms with van der Waals surface area (Å²) in [5.74, 6) is -2.32. The molecule has 1 atom stereocenters. The van der Waals surface area contributed by atoms with Gasteiger partial charge in [0.1, 0.15) is 5.82 Å². The zero-order valence-corrected chi connectivity index (χ0v) is 11.4. The van der Waals surface area contributed by atoms with Crippen molar-refractivity contribution < 1.29 is 27.1 Å². The predicted molar refractivity (Wildman–Crippen MR) is 67.3 cm³/mol. The molecule has 0 aromatic heterocycles. The van der Waals surface area contributed by atoms with Crippen molar-refractivity contribution in [1.82, 2.24) is 4.90 Å². The molecule has 7 heteroatoms. The number of rotatable bonds is 3. The highest BCUT2D eigenvalue weighted by Crippen LogP contribution is 2.32. The summed E-state index contributed by atoms with van der Waals surface area (Å²) >= 11 is 0. The Morgan fingerprint density at radius 2 is 2.14 bits per heavy atom. The number of benzene rings is 1. The van der Waals surface area contributed by atoms with Crippen molar-refractivity contribution >= 4 is 5.91 Å². The van der Waals surface area contributed by atoms with Crippen molar-refractivity contribution in [2.24, 2.45) is 0 Å². The van der Waals surface area contributed by atoms with Crippen LogP contribution < -0.4 is 0 Å². The lowest BCUT2D eigenvalue weighted by Crippen LogP contribution is -2.34. The molecule has 0 spiro atoms. The first-order valence-electron chi connectivity index (χ1n) is 6.53. The molecule has 2 rings (SSSR count). The summed E-state index contributed by atoms with van der Waals surface area (Å²) in [6.45, 7) is 0.832. The van der Waals surface area contributed by atoms with Gasteiger partial charge in [-0.15, -0.1) is 0 Å². The van der Waals surface area contributed by atoms with E-state index in [1.807, 2.05) is 0 Å². The summed E-state index contributed by atoms with van der Waals surface area (Å²) in [5, 5.41) is 0. The molecule has 1 aromatic carbocycles. The Hall–Kier alpha value is -1.63. The molecule has 0 N–H and O–H groups in total. The third kappa shape index (κ3) is 3.53. The van der Waals surface area contributed by atoms with Gasteiger partial charge >= 0.3 is 6.18 Å². The maximum Gasteiger partial charge on any atom is 0.419 e.